The largest absolute Gasteiger partial charge is 0.396 e. The third-order valence-corrected chi connectivity index (χ3v) is 7.13. The summed E-state index contributed by atoms with van der Waals surface area (Å²) in [6.45, 7) is 3.65. The molecule has 4 aliphatic heterocycles. The lowest BCUT2D eigenvalue weighted by atomic mass is 9.62. The number of benzene rings is 1. The van der Waals surface area contributed by atoms with E-state index in [2.05, 4.69) is 49.3 Å². The molecule has 6 rings (SSSR count). The van der Waals surface area contributed by atoms with Gasteiger partial charge in [-0.3, -0.25) is 0 Å². The van der Waals surface area contributed by atoms with Crippen molar-refractivity contribution >= 4 is 10.9 Å². The first-order chi connectivity index (χ1) is 11.2. The monoisotopic (exact) mass is 309 g/mol. The fourth-order valence-corrected chi connectivity index (χ4v) is 6.02. The van der Waals surface area contributed by atoms with E-state index in [1.807, 2.05) is 0 Å². The van der Waals surface area contributed by atoms with Crippen molar-refractivity contribution in [3.8, 4) is 0 Å². The van der Waals surface area contributed by atoms with E-state index in [0.29, 0.717) is 30.5 Å². The van der Waals surface area contributed by atoms with Crippen molar-refractivity contribution in [3.63, 3.8) is 0 Å². The topological polar surface area (TPSA) is 36.0 Å². The van der Waals surface area contributed by atoms with Gasteiger partial charge in [-0.2, -0.15) is 0 Å². The van der Waals surface area contributed by atoms with Gasteiger partial charge in [0.2, 0.25) is 0 Å². The molecule has 23 heavy (non-hydrogen) atoms. The zero-order valence-electron chi connectivity index (χ0n) is 13.9. The second-order valence-corrected chi connectivity index (χ2v) is 7.91. The Bertz CT molecular complexity index is 820. The van der Waals surface area contributed by atoms with Crippen molar-refractivity contribution in [2.24, 2.45) is 11.8 Å². The SMILES string of the molecule is C/C=C1\C[N@@+]2(C)[C@H]3C[C@@H]1[C@H](CO)[C@@H]2Cc1c3[nH]c2ccccc12. The number of aliphatic hydroxyl groups excluding tert-OH is 1. The van der Waals surface area contributed by atoms with Gasteiger partial charge in [0.1, 0.15) is 12.6 Å². The number of aromatic nitrogens is 1. The highest BCUT2D eigenvalue weighted by Crippen LogP contribution is 2.57. The Morgan fingerprint density at radius 3 is 2.96 bits per heavy atom. The molecule has 0 aliphatic carbocycles. The summed E-state index contributed by atoms with van der Waals surface area (Å²) < 4.78 is 1.08. The van der Waals surface area contributed by atoms with Crippen LogP contribution in [-0.2, 0) is 6.42 Å². The van der Waals surface area contributed by atoms with Crippen LogP contribution >= 0.6 is 0 Å². The van der Waals surface area contributed by atoms with Gasteiger partial charge in [-0.05, 0) is 24.1 Å². The number of para-hydroxylation sites is 1. The Labute approximate surface area is 137 Å². The predicted octanol–water partition coefficient (Wildman–Crippen LogP) is 3.17. The van der Waals surface area contributed by atoms with Gasteiger partial charge in [0, 0.05) is 35.6 Å². The smallest absolute Gasteiger partial charge is 0.131 e. The Morgan fingerprint density at radius 1 is 1.35 bits per heavy atom. The van der Waals surface area contributed by atoms with Crippen LogP contribution in [0.25, 0.3) is 10.9 Å². The molecule has 5 heterocycles. The van der Waals surface area contributed by atoms with E-state index in [9.17, 15) is 5.11 Å². The number of H-pyrrole nitrogens is 1. The number of hydrogen-bond donors (Lipinski definition) is 2. The number of aromatic amines is 1. The Hall–Kier alpha value is -1.58. The number of nitrogens with zero attached hydrogens (tertiary/aromatic N) is 1. The van der Waals surface area contributed by atoms with Crippen molar-refractivity contribution in [2.45, 2.75) is 31.8 Å². The number of quaternary nitrogens is 1. The minimum atomic E-state index is 0.324. The number of rotatable bonds is 1. The van der Waals surface area contributed by atoms with E-state index in [4.69, 9.17) is 0 Å². The van der Waals surface area contributed by atoms with Crippen LogP contribution in [0.2, 0.25) is 0 Å². The molecule has 5 atom stereocenters. The third kappa shape index (κ3) is 1.57. The van der Waals surface area contributed by atoms with E-state index in [1.165, 1.54) is 28.6 Å². The third-order valence-electron chi connectivity index (χ3n) is 7.13. The van der Waals surface area contributed by atoms with Crippen molar-refractivity contribution in [1.29, 1.82) is 0 Å². The maximum absolute atomic E-state index is 10.1. The number of allylic oxidation sites excluding steroid dienone is 1. The zero-order valence-corrected chi connectivity index (χ0v) is 13.9. The van der Waals surface area contributed by atoms with Gasteiger partial charge in [-0.1, -0.05) is 24.3 Å². The molecule has 4 bridgehead atoms. The summed E-state index contributed by atoms with van der Waals surface area (Å²) in [5.41, 5.74) is 5.84. The minimum Gasteiger partial charge on any atom is -0.396 e. The van der Waals surface area contributed by atoms with E-state index in [1.54, 1.807) is 5.57 Å². The van der Waals surface area contributed by atoms with Gasteiger partial charge < -0.3 is 14.6 Å². The van der Waals surface area contributed by atoms with Crippen molar-refractivity contribution in [2.75, 3.05) is 20.2 Å². The molecule has 0 saturated carbocycles. The van der Waals surface area contributed by atoms with Gasteiger partial charge >= 0.3 is 0 Å². The van der Waals surface area contributed by atoms with Gasteiger partial charge in [0.25, 0.3) is 0 Å². The maximum Gasteiger partial charge on any atom is 0.131 e. The molecule has 3 nitrogen and oxygen atoms in total. The molecule has 4 aliphatic rings. The fraction of sp³-hybridized carbons (Fsp3) is 0.500. The highest BCUT2D eigenvalue weighted by molar-refractivity contribution is 5.85. The van der Waals surface area contributed by atoms with Crippen LogP contribution in [0.15, 0.2) is 35.9 Å². The first-order valence-corrected chi connectivity index (χ1v) is 8.87. The van der Waals surface area contributed by atoms with Gasteiger partial charge in [-0.25, -0.2) is 0 Å². The first-order valence-electron chi connectivity index (χ1n) is 8.87. The maximum atomic E-state index is 10.1. The lowest BCUT2D eigenvalue weighted by Crippen LogP contribution is -2.70. The normalized spacial score (nSPS) is 39.9. The quantitative estimate of drug-likeness (QED) is 0.616. The molecule has 2 aromatic rings. The van der Waals surface area contributed by atoms with Crippen LogP contribution in [0.4, 0.5) is 0 Å². The molecule has 3 saturated heterocycles. The summed E-state index contributed by atoms with van der Waals surface area (Å²) in [5.74, 6) is 0.984. The summed E-state index contributed by atoms with van der Waals surface area (Å²) >= 11 is 0. The van der Waals surface area contributed by atoms with Gasteiger partial charge in [0.15, 0.2) is 0 Å². The Balaban J connectivity index is 1.73. The molecular formula is C20H25N2O+. The molecule has 3 heteroatoms. The van der Waals surface area contributed by atoms with Crippen LogP contribution in [-0.4, -0.2) is 40.8 Å². The average molecular weight is 309 g/mol. The molecule has 1 aromatic heterocycles. The van der Waals surface area contributed by atoms with Crippen LogP contribution in [0.1, 0.15) is 30.6 Å². The van der Waals surface area contributed by atoms with E-state index in [0.717, 1.165) is 17.4 Å². The van der Waals surface area contributed by atoms with Crippen LogP contribution in [0.3, 0.4) is 0 Å². The molecule has 1 aromatic carbocycles. The van der Waals surface area contributed by atoms with Crippen LogP contribution < -0.4 is 0 Å². The molecule has 0 radical (unpaired) electrons. The molecule has 0 spiro atoms. The highest BCUT2D eigenvalue weighted by atomic mass is 16.3. The summed E-state index contributed by atoms with van der Waals surface area (Å²) in [4.78, 5) is 3.75. The van der Waals surface area contributed by atoms with Crippen LogP contribution in [0.5, 0.6) is 0 Å². The predicted molar refractivity (Wildman–Crippen MR) is 92.0 cm³/mol. The van der Waals surface area contributed by atoms with Gasteiger partial charge in [0.05, 0.1) is 25.4 Å². The zero-order chi connectivity index (χ0) is 15.8. The van der Waals surface area contributed by atoms with E-state index in [-0.39, 0.29) is 0 Å². The summed E-state index contributed by atoms with van der Waals surface area (Å²) in [6, 6.07) is 9.84. The first kappa shape index (κ1) is 13.8. The second kappa shape index (κ2) is 4.49. The molecule has 120 valence electrons. The number of aliphatic hydroxyl groups is 1. The molecule has 2 N–H and O–H groups in total. The number of nitrogens with one attached hydrogen (secondary N) is 1. The van der Waals surface area contributed by atoms with Gasteiger partial charge in [-0.15, -0.1) is 0 Å². The standard InChI is InChI=1S/C20H25N2O/c1-3-12-10-22(2)18-9-15-13-6-4-5-7-17(13)21-20(15)19(22)8-14(12)16(18)11-23/h3-7,14,16,18-19,21,23H,8-11H2,1-2H3/q+1/b12-3+/t14-,16-,18-,19-,22+/m0/s1. The summed E-state index contributed by atoms with van der Waals surface area (Å²) in [6.07, 6.45) is 4.59. The van der Waals surface area contributed by atoms with Crippen molar-refractivity contribution < 1.29 is 9.59 Å². The van der Waals surface area contributed by atoms with Crippen LogP contribution in [0, 0.1) is 11.8 Å². The second-order valence-electron chi connectivity index (χ2n) is 7.91. The fourth-order valence-electron chi connectivity index (χ4n) is 6.02. The number of likely N-dealkylation sites (N-methyl/N-ethyl adjacent to an activating group) is 1. The molecule has 3 fully saturated rings. The van der Waals surface area contributed by atoms with Crippen molar-refractivity contribution in [1.82, 2.24) is 4.98 Å². The molecule has 0 unspecified atom stereocenters. The highest BCUT2D eigenvalue weighted by Gasteiger charge is 2.61. The lowest BCUT2D eigenvalue weighted by molar-refractivity contribution is -0.978. The molecule has 0 amide bonds. The lowest BCUT2D eigenvalue weighted by Gasteiger charge is -2.62. The number of fused-ring (bicyclic) bond motifs is 4. The summed E-state index contributed by atoms with van der Waals surface area (Å²) in [5, 5.41) is 11.5. The minimum absolute atomic E-state index is 0.324. The van der Waals surface area contributed by atoms with Crippen molar-refractivity contribution in [3.05, 3.63) is 47.2 Å². The number of piperidine rings is 3. The Kier molecular flexibility index (Phi) is 2.70. The average Bonchev–Trinajstić information content (AvgIpc) is 2.92. The van der Waals surface area contributed by atoms with E-state index >= 15 is 0 Å². The van der Waals surface area contributed by atoms with E-state index < -0.39 is 0 Å². The number of hydrogen-bond acceptors (Lipinski definition) is 1. The summed E-state index contributed by atoms with van der Waals surface area (Å²) in [7, 11) is 2.42. The Morgan fingerprint density at radius 2 is 2.17 bits per heavy atom. The molecular weight excluding hydrogens is 284 g/mol.